The quantitative estimate of drug-likeness (QED) is 0.0780. The molecule has 0 aliphatic carbocycles. The molecule has 11 nitrogen and oxygen atoms in total. The van der Waals surface area contributed by atoms with Gasteiger partial charge in [-0.15, -0.1) is 0 Å². The van der Waals surface area contributed by atoms with Crippen molar-refractivity contribution in [1.82, 2.24) is 0 Å². The van der Waals surface area contributed by atoms with Crippen molar-refractivity contribution < 1.29 is 52.3 Å². The summed E-state index contributed by atoms with van der Waals surface area (Å²) >= 11 is 0. The highest BCUT2D eigenvalue weighted by molar-refractivity contribution is 6.10. The second kappa shape index (κ2) is 14.7. The van der Waals surface area contributed by atoms with Gasteiger partial charge in [0.15, 0.2) is 11.4 Å². The molecule has 52 heavy (non-hydrogen) atoms. The van der Waals surface area contributed by atoms with Crippen molar-refractivity contribution in [3.05, 3.63) is 125 Å². The lowest BCUT2D eigenvalue weighted by molar-refractivity contribution is -0.137. The molecule has 0 N–H and O–H groups in total. The maximum Gasteiger partial charge on any atom is 0.343 e. The van der Waals surface area contributed by atoms with Gasteiger partial charge in [0.2, 0.25) is 0 Å². The predicted molar refractivity (Wildman–Crippen MR) is 190 cm³/mol. The summed E-state index contributed by atoms with van der Waals surface area (Å²) in [5.41, 5.74) is 0.495. The van der Waals surface area contributed by atoms with Crippen LogP contribution in [0.3, 0.4) is 0 Å². The third kappa shape index (κ3) is 6.63. The van der Waals surface area contributed by atoms with Gasteiger partial charge in [0.25, 0.3) is 6.47 Å². The zero-order valence-electron chi connectivity index (χ0n) is 29.0. The van der Waals surface area contributed by atoms with Crippen LogP contribution in [0.1, 0.15) is 51.3 Å². The fourth-order valence-electron chi connectivity index (χ4n) is 5.88. The lowest BCUT2D eigenvalue weighted by Gasteiger charge is -2.37. The van der Waals surface area contributed by atoms with E-state index in [1.54, 1.807) is 58.4 Å². The third-order valence-corrected chi connectivity index (χ3v) is 8.52. The Morgan fingerprint density at radius 1 is 0.712 bits per heavy atom. The van der Waals surface area contributed by atoms with Gasteiger partial charge in [0.1, 0.15) is 34.3 Å². The minimum absolute atomic E-state index is 0.0433. The number of rotatable bonds is 11. The van der Waals surface area contributed by atoms with Crippen LogP contribution in [0.25, 0.3) is 16.8 Å². The number of carbonyl (C=O) groups is 4. The first-order valence-corrected chi connectivity index (χ1v) is 16.2. The van der Waals surface area contributed by atoms with Crippen LogP contribution in [-0.2, 0) is 19.9 Å². The maximum absolute atomic E-state index is 13.9. The first-order valence-electron chi connectivity index (χ1n) is 16.2. The molecular weight excluding hydrogens is 668 g/mol. The number of benzene rings is 5. The van der Waals surface area contributed by atoms with E-state index in [0.29, 0.717) is 33.6 Å². The molecule has 0 unspecified atom stereocenters. The molecule has 5 aromatic carbocycles. The summed E-state index contributed by atoms with van der Waals surface area (Å²) in [6, 6.07) is 25.7. The topological polar surface area (TPSA) is 133 Å². The Morgan fingerprint density at radius 3 is 1.87 bits per heavy atom. The van der Waals surface area contributed by atoms with E-state index in [0.717, 1.165) is 11.1 Å². The zero-order chi connectivity index (χ0) is 37.0. The first-order chi connectivity index (χ1) is 25.1. The van der Waals surface area contributed by atoms with Crippen LogP contribution in [0.5, 0.6) is 34.5 Å². The molecule has 0 fully saturated rings. The summed E-state index contributed by atoms with van der Waals surface area (Å²) < 4.78 is 39.4. The minimum Gasteiger partial charge on any atom is -0.497 e. The third-order valence-electron chi connectivity index (χ3n) is 8.52. The Labute approximate surface area is 299 Å². The number of carbonyl (C=O) groups excluding carboxylic acids is 4. The number of hydrogen-bond acceptors (Lipinski definition) is 11. The lowest BCUT2D eigenvalue weighted by Crippen LogP contribution is -2.34. The molecule has 0 atom stereocenters. The molecule has 6 rings (SSSR count). The van der Waals surface area contributed by atoms with Crippen LogP contribution in [-0.4, -0.2) is 45.7 Å². The SMILES string of the molecule is COC(=O)c1c2c(c3ccccc3c1OC(=O)c1cc(OC=O)cc(OC(=O)C(C)C)c1)OC(c1ccc(OC)cc1)(c1ccc(OC)cc1)C=C2. The highest BCUT2D eigenvalue weighted by Crippen LogP contribution is 2.50. The van der Waals surface area contributed by atoms with Crippen molar-refractivity contribution in [3.63, 3.8) is 0 Å². The Bertz CT molecular complexity index is 2150. The molecule has 0 saturated heterocycles. The van der Waals surface area contributed by atoms with E-state index in [1.807, 2.05) is 54.6 Å². The van der Waals surface area contributed by atoms with E-state index in [4.69, 9.17) is 33.2 Å². The molecule has 0 amide bonds. The smallest absolute Gasteiger partial charge is 0.343 e. The summed E-state index contributed by atoms with van der Waals surface area (Å²) in [5.74, 6) is -1.30. The predicted octanol–water partition coefficient (Wildman–Crippen LogP) is 7.31. The van der Waals surface area contributed by atoms with Crippen LogP contribution in [0.15, 0.2) is 97.1 Å². The van der Waals surface area contributed by atoms with Gasteiger partial charge >= 0.3 is 17.9 Å². The second-order valence-electron chi connectivity index (χ2n) is 12.0. The van der Waals surface area contributed by atoms with Crippen molar-refractivity contribution >= 4 is 41.2 Å². The maximum atomic E-state index is 13.9. The zero-order valence-corrected chi connectivity index (χ0v) is 29.0. The van der Waals surface area contributed by atoms with Crippen molar-refractivity contribution in [2.45, 2.75) is 19.4 Å². The van der Waals surface area contributed by atoms with E-state index in [-0.39, 0.29) is 34.8 Å². The molecule has 1 aliphatic heterocycles. The van der Waals surface area contributed by atoms with Gasteiger partial charge in [-0.1, -0.05) is 62.4 Å². The minimum atomic E-state index is -1.18. The van der Waals surface area contributed by atoms with E-state index < -0.39 is 29.4 Å². The van der Waals surface area contributed by atoms with Gasteiger partial charge in [0, 0.05) is 33.5 Å². The van der Waals surface area contributed by atoms with Gasteiger partial charge in [-0.2, -0.15) is 0 Å². The van der Waals surface area contributed by atoms with Crippen molar-refractivity contribution in [1.29, 1.82) is 0 Å². The van der Waals surface area contributed by atoms with Crippen molar-refractivity contribution in [3.8, 4) is 34.5 Å². The monoisotopic (exact) mass is 702 g/mol. The number of fused-ring (bicyclic) bond motifs is 3. The van der Waals surface area contributed by atoms with E-state index in [1.165, 1.54) is 25.3 Å². The van der Waals surface area contributed by atoms with Crippen molar-refractivity contribution in [2.24, 2.45) is 5.92 Å². The van der Waals surface area contributed by atoms with E-state index in [2.05, 4.69) is 0 Å². The molecule has 264 valence electrons. The Hall–Kier alpha value is -6.62. The van der Waals surface area contributed by atoms with Crippen LogP contribution >= 0.6 is 0 Å². The summed E-state index contributed by atoms with van der Waals surface area (Å²) in [7, 11) is 4.39. The number of hydrogen-bond donors (Lipinski definition) is 0. The van der Waals surface area contributed by atoms with Gasteiger partial charge in [-0.3, -0.25) is 9.59 Å². The Morgan fingerprint density at radius 2 is 1.31 bits per heavy atom. The Balaban J connectivity index is 1.52. The molecule has 11 heteroatoms. The average molecular weight is 703 g/mol. The molecule has 0 radical (unpaired) electrons. The number of esters is 3. The van der Waals surface area contributed by atoms with E-state index in [9.17, 15) is 19.2 Å². The largest absolute Gasteiger partial charge is 0.497 e. The summed E-state index contributed by atoms with van der Waals surface area (Å²) in [4.78, 5) is 51.0. The molecular formula is C41H34O11. The Kier molecular flexibility index (Phi) is 9.95. The van der Waals surface area contributed by atoms with Gasteiger partial charge in [0.05, 0.1) is 32.8 Å². The molecule has 1 aliphatic rings. The summed E-state index contributed by atoms with van der Waals surface area (Å²) in [6.45, 7) is 3.47. The molecule has 0 saturated carbocycles. The van der Waals surface area contributed by atoms with Gasteiger partial charge in [-0.25, -0.2) is 9.59 Å². The lowest BCUT2D eigenvalue weighted by atomic mass is 9.82. The fourth-order valence-corrected chi connectivity index (χ4v) is 5.88. The molecule has 5 aromatic rings. The standard InChI is InChI=1S/C41H34O11/c1-24(2)38(43)50-31-21-25(20-30(22-31)49-23-42)39(44)51-37-33-9-7-6-8-32(33)36-34(35(37)40(45)48-5)18-19-41(52-36,26-10-14-28(46-3)15-11-26)27-12-16-29(47-4)17-13-27/h6-24H,1-5H3. The fraction of sp³-hybridized carbons (Fsp3) is 0.171. The number of ether oxygens (including phenoxy) is 7. The van der Waals surface area contributed by atoms with Crippen LogP contribution in [0.2, 0.25) is 0 Å². The van der Waals surface area contributed by atoms with Crippen LogP contribution in [0, 0.1) is 5.92 Å². The summed E-state index contributed by atoms with van der Waals surface area (Å²) in [6.07, 6.45) is 3.56. The number of methoxy groups -OCH3 is 3. The van der Waals surface area contributed by atoms with E-state index >= 15 is 0 Å². The van der Waals surface area contributed by atoms with Crippen LogP contribution in [0.4, 0.5) is 0 Å². The normalized spacial score (nSPS) is 12.7. The molecule has 1 heterocycles. The molecule has 0 bridgehead atoms. The second-order valence-corrected chi connectivity index (χ2v) is 12.0. The van der Waals surface area contributed by atoms with Gasteiger partial charge in [-0.05, 0) is 48.6 Å². The van der Waals surface area contributed by atoms with Gasteiger partial charge < -0.3 is 33.2 Å². The molecule has 0 aromatic heterocycles. The van der Waals surface area contributed by atoms with Crippen molar-refractivity contribution in [2.75, 3.05) is 21.3 Å². The first kappa shape index (κ1) is 35.2. The summed E-state index contributed by atoms with van der Waals surface area (Å²) in [5, 5.41) is 0.906. The highest BCUT2D eigenvalue weighted by atomic mass is 16.6. The molecule has 0 spiro atoms. The highest BCUT2D eigenvalue weighted by Gasteiger charge is 2.40. The average Bonchev–Trinajstić information content (AvgIpc) is 3.17. The van der Waals surface area contributed by atoms with Crippen LogP contribution < -0.4 is 28.4 Å².